The largest absolute Gasteiger partial charge is 0.493 e. The smallest absolute Gasteiger partial charge is 0.309 e. The van der Waals surface area contributed by atoms with E-state index in [1.165, 1.54) is 16.9 Å². The average molecular weight is 383 g/mol. The molecule has 0 bridgehead atoms. The summed E-state index contributed by atoms with van der Waals surface area (Å²) in [6.07, 6.45) is 1.72. The van der Waals surface area contributed by atoms with Gasteiger partial charge >= 0.3 is 5.97 Å². The van der Waals surface area contributed by atoms with Crippen LogP contribution in [0.5, 0.6) is 11.5 Å². The van der Waals surface area contributed by atoms with Crippen LogP contribution in [0.1, 0.15) is 17.7 Å². The summed E-state index contributed by atoms with van der Waals surface area (Å²) in [4.78, 5) is 15.3. The molecule has 6 heteroatoms. The number of carboxylic acids is 1. The quantitative estimate of drug-likeness (QED) is 0.553. The van der Waals surface area contributed by atoms with Gasteiger partial charge in [0.15, 0.2) is 11.5 Å². The van der Waals surface area contributed by atoms with Crippen LogP contribution in [0.3, 0.4) is 0 Å². The molecule has 0 amide bonds. The molecule has 0 radical (unpaired) electrons. The number of thiazole rings is 1. The first-order chi connectivity index (χ1) is 13.2. The number of benzene rings is 2. The second-order valence-corrected chi connectivity index (χ2v) is 6.85. The first kappa shape index (κ1) is 18.9. The fourth-order valence-corrected chi connectivity index (χ4v) is 3.60. The van der Waals surface area contributed by atoms with E-state index in [2.05, 4.69) is 17.1 Å². The normalized spacial score (nSPS) is 10.6. The molecule has 140 valence electrons. The molecule has 0 fully saturated rings. The third-order valence-electron chi connectivity index (χ3n) is 4.01. The first-order valence-electron chi connectivity index (χ1n) is 8.67. The minimum atomic E-state index is -0.894. The van der Waals surface area contributed by atoms with E-state index in [4.69, 9.17) is 14.6 Å². The number of hydrogen-bond acceptors (Lipinski definition) is 5. The third-order valence-corrected chi connectivity index (χ3v) is 4.94. The highest BCUT2D eigenvalue weighted by Crippen LogP contribution is 2.39. The predicted molar refractivity (Wildman–Crippen MR) is 106 cm³/mol. The maximum atomic E-state index is 10.9. The Bertz CT molecular complexity index is 892. The van der Waals surface area contributed by atoms with E-state index in [9.17, 15) is 4.79 Å². The fourth-order valence-electron chi connectivity index (χ4n) is 2.76. The Kier molecular flexibility index (Phi) is 6.44. The van der Waals surface area contributed by atoms with Gasteiger partial charge in [-0.15, -0.1) is 11.3 Å². The topological polar surface area (TPSA) is 68.7 Å². The number of para-hydroxylation sites is 1. The summed E-state index contributed by atoms with van der Waals surface area (Å²) in [5, 5.41) is 11.4. The number of carboxylic acid groups (broad SMARTS) is 1. The lowest BCUT2D eigenvalue weighted by Crippen LogP contribution is -2.03. The Morgan fingerprint density at radius 2 is 1.96 bits per heavy atom. The van der Waals surface area contributed by atoms with Gasteiger partial charge in [0.2, 0.25) is 0 Å². The number of nitrogens with zero attached hydrogens (tertiary/aromatic N) is 1. The summed E-state index contributed by atoms with van der Waals surface area (Å²) in [5.41, 5.74) is 2.63. The zero-order chi connectivity index (χ0) is 19.1. The molecule has 1 aromatic heterocycles. The van der Waals surface area contributed by atoms with Crippen LogP contribution < -0.4 is 9.47 Å². The lowest BCUT2D eigenvalue weighted by Gasteiger charge is -2.14. The zero-order valence-corrected chi connectivity index (χ0v) is 15.9. The van der Waals surface area contributed by atoms with E-state index in [0.29, 0.717) is 23.8 Å². The Morgan fingerprint density at radius 3 is 2.70 bits per heavy atom. The Labute approximate surface area is 162 Å². The van der Waals surface area contributed by atoms with Crippen LogP contribution in [0, 0.1) is 0 Å². The second kappa shape index (κ2) is 9.19. The summed E-state index contributed by atoms with van der Waals surface area (Å²) >= 11 is 1.40. The molecule has 0 saturated carbocycles. The van der Waals surface area contributed by atoms with Gasteiger partial charge in [-0.05, 0) is 30.5 Å². The third kappa shape index (κ3) is 5.08. The van der Waals surface area contributed by atoms with E-state index >= 15 is 0 Å². The highest BCUT2D eigenvalue weighted by atomic mass is 32.1. The van der Waals surface area contributed by atoms with Crippen LogP contribution in [0.4, 0.5) is 0 Å². The van der Waals surface area contributed by atoms with Crippen molar-refractivity contribution in [1.29, 1.82) is 0 Å². The zero-order valence-electron chi connectivity index (χ0n) is 15.1. The highest BCUT2D eigenvalue weighted by Gasteiger charge is 2.16. The molecule has 0 aliphatic rings. The minimum Gasteiger partial charge on any atom is -0.493 e. The van der Waals surface area contributed by atoms with E-state index in [1.54, 1.807) is 12.5 Å². The summed E-state index contributed by atoms with van der Waals surface area (Å²) in [7, 11) is 1.60. The van der Waals surface area contributed by atoms with Crippen molar-refractivity contribution >= 4 is 17.3 Å². The number of methoxy groups -OCH3 is 1. The lowest BCUT2D eigenvalue weighted by molar-refractivity contribution is -0.136. The van der Waals surface area contributed by atoms with Gasteiger partial charge in [-0.1, -0.05) is 36.4 Å². The van der Waals surface area contributed by atoms with Crippen molar-refractivity contribution in [1.82, 2.24) is 4.98 Å². The van der Waals surface area contributed by atoms with Gasteiger partial charge in [-0.2, -0.15) is 0 Å². The van der Waals surface area contributed by atoms with Crippen molar-refractivity contribution in [3.63, 3.8) is 0 Å². The minimum absolute atomic E-state index is 0.0895. The highest BCUT2D eigenvalue weighted by molar-refractivity contribution is 7.13. The maximum absolute atomic E-state index is 10.9. The van der Waals surface area contributed by atoms with E-state index in [-0.39, 0.29) is 6.42 Å². The molecule has 0 unspecified atom stereocenters. The van der Waals surface area contributed by atoms with Crippen molar-refractivity contribution in [2.24, 2.45) is 0 Å². The summed E-state index contributed by atoms with van der Waals surface area (Å²) in [5.74, 6) is 0.390. The Morgan fingerprint density at radius 1 is 1.15 bits per heavy atom. The van der Waals surface area contributed by atoms with Gasteiger partial charge in [-0.25, -0.2) is 4.98 Å². The van der Waals surface area contributed by atoms with Gasteiger partial charge in [0, 0.05) is 5.38 Å². The van der Waals surface area contributed by atoms with Gasteiger partial charge < -0.3 is 14.6 Å². The van der Waals surface area contributed by atoms with Gasteiger partial charge in [0.05, 0.1) is 31.4 Å². The number of ether oxygens (including phenoxy) is 2. The van der Waals surface area contributed by atoms with Crippen molar-refractivity contribution < 1.29 is 19.4 Å². The SMILES string of the molecule is COc1cccc(-c2nc(CC(=O)O)cs2)c1OCCCc1ccccc1. The molecule has 0 atom stereocenters. The van der Waals surface area contributed by atoms with Crippen molar-refractivity contribution in [3.8, 4) is 22.1 Å². The molecular weight excluding hydrogens is 362 g/mol. The van der Waals surface area contributed by atoms with Crippen LogP contribution >= 0.6 is 11.3 Å². The second-order valence-electron chi connectivity index (χ2n) is 5.99. The summed E-state index contributed by atoms with van der Waals surface area (Å²) < 4.78 is 11.5. The first-order valence-corrected chi connectivity index (χ1v) is 9.55. The molecule has 2 aromatic carbocycles. The van der Waals surface area contributed by atoms with Crippen molar-refractivity contribution in [2.45, 2.75) is 19.3 Å². The molecule has 5 nitrogen and oxygen atoms in total. The van der Waals surface area contributed by atoms with Gasteiger partial charge in [0.1, 0.15) is 5.01 Å². The molecular formula is C21H21NO4S. The number of carbonyl (C=O) groups is 1. The molecule has 3 rings (SSSR count). The number of rotatable bonds is 9. The summed E-state index contributed by atoms with van der Waals surface area (Å²) in [6.45, 7) is 0.551. The van der Waals surface area contributed by atoms with Crippen LogP contribution in [0.2, 0.25) is 0 Å². The number of hydrogen-bond donors (Lipinski definition) is 1. The number of aliphatic carboxylic acids is 1. The van der Waals surface area contributed by atoms with Crippen LogP contribution in [0.25, 0.3) is 10.6 Å². The number of aromatic nitrogens is 1. The van der Waals surface area contributed by atoms with Crippen LogP contribution in [-0.2, 0) is 17.6 Å². The lowest BCUT2D eigenvalue weighted by atomic mass is 10.1. The van der Waals surface area contributed by atoms with Crippen molar-refractivity contribution in [2.75, 3.05) is 13.7 Å². The van der Waals surface area contributed by atoms with Gasteiger partial charge in [-0.3, -0.25) is 4.79 Å². The van der Waals surface area contributed by atoms with E-state index in [0.717, 1.165) is 23.4 Å². The Balaban J connectivity index is 1.73. The molecule has 1 N–H and O–H groups in total. The molecule has 27 heavy (non-hydrogen) atoms. The Hall–Kier alpha value is -2.86. The summed E-state index contributed by atoms with van der Waals surface area (Å²) in [6, 6.07) is 15.9. The number of aryl methyl sites for hydroxylation is 1. The molecule has 0 saturated heterocycles. The van der Waals surface area contributed by atoms with Crippen LogP contribution in [-0.4, -0.2) is 29.8 Å². The van der Waals surface area contributed by atoms with E-state index in [1.807, 2.05) is 36.4 Å². The molecule has 0 aliphatic carbocycles. The maximum Gasteiger partial charge on any atom is 0.309 e. The molecule has 0 aliphatic heterocycles. The molecule has 1 heterocycles. The van der Waals surface area contributed by atoms with Crippen LogP contribution in [0.15, 0.2) is 53.9 Å². The molecule has 3 aromatic rings. The predicted octanol–water partition coefficient (Wildman–Crippen LogP) is 4.46. The van der Waals surface area contributed by atoms with Gasteiger partial charge in [0.25, 0.3) is 0 Å². The van der Waals surface area contributed by atoms with E-state index < -0.39 is 5.97 Å². The molecule has 0 spiro atoms. The fraction of sp³-hybridized carbons (Fsp3) is 0.238. The average Bonchev–Trinajstić information content (AvgIpc) is 3.13. The monoisotopic (exact) mass is 383 g/mol. The standard InChI is InChI=1S/C21H21NO4S/c1-25-18-11-5-10-17(21-22-16(14-27-21)13-19(23)24)20(18)26-12-6-9-15-7-3-2-4-8-15/h2-5,7-8,10-11,14H,6,9,12-13H2,1H3,(H,23,24). The van der Waals surface area contributed by atoms with Crippen molar-refractivity contribution in [3.05, 3.63) is 65.2 Å².